The molecule has 0 bridgehead atoms. The van der Waals surface area contributed by atoms with Crippen molar-refractivity contribution >= 4 is 33.4 Å². The maximum Gasteiger partial charge on any atom is 0.251 e. The van der Waals surface area contributed by atoms with Gasteiger partial charge in [0.1, 0.15) is 5.82 Å². The normalized spacial score (nSPS) is 11.2. The molecule has 3 heterocycles. The first-order valence-electron chi connectivity index (χ1n) is 10.9. The number of nitrogen functional groups attached to an aromatic ring is 1. The van der Waals surface area contributed by atoms with E-state index < -0.39 is 0 Å². The number of anilines is 1. The minimum Gasteiger partial charge on any atom is -0.385 e. The molecule has 4 N–H and O–H groups in total. The van der Waals surface area contributed by atoms with Crippen LogP contribution in [-0.4, -0.2) is 20.9 Å². The Hall–Kier alpha value is -4.19. The molecule has 0 unspecified atom stereocenters. The predicted molar refractivity (Wildman–Crippen MR) is 132 cm³/mol. The molecule has 2 aromatic carbocycles. The van der Waals surface area contributed by atoms with Crippen molar-refractivity contribution in [1.29, 1.82) is 0 Å². The van der Waals surface area contributed by atoms with Crippen LogP contribution in [0.5, 0.6) is 0 Å². The molecule has 0 aliphatic rings. The highest BCUT2D eigenvalue weighted by Gasteiger charge is 2.10. The third-order valence-corrected chi connectivity index (χ3v) is 5.90. The third kappa shape index (κ3) is 4.28. The van der Waals surface area contributed by atoms with Crippen LogP contribution in [0.1, 0.15) is 38.4 Å². The standard InChI is InChI=1S/C27H25N5O/c1-16-9-21-10-18(4-6-25(21)30-14-16)11-22-13-20(7-8-29-22)27(33)31-15-19-3-5-23-24(12-19)17(2)32-26(23)28/h3-10,12-14,32H,11,15,28H2,1-2H3,(H,31,33). The number of aryl methyl sites for hydroxylation is 2. The highest BCUT2D eigenvalue weighted by molar-refractivity contribution is 5.96. The number of pyridine rings is 2. The highest BCUT2D eigenvalue weighted by atomic mass is 16.1. The summed E-state index contributed by atoms with van der Waals surface area (Å²) in [6.45, 7) is 4.47. The number of hydrogen-bond donors (Lipinski definition) is 3. The van der Waals surface area contributed by atoms with Crippen molar-refractivity contribution in [3.8, 4) is 0 Å². The van der Waals surface area contributed by atoms with Gasteiger partial charge in [0.2, 0.25) is 0 Å². The molecule has 0 radical (unpaired) electrons. The van der Waals surface area contributed by atoms with Crippen molar-refractivity contribution in [2.45, 2.75) is 26.8 Å². The number of rotatable bonds is 5. The SMILES string of the molecule is Cc1cnc2ccc(Cc3cc(C(=O)NCc4ccc5c(N)[nH]c(C)c5c4)ccn3)cc2c1. The Kier molecular flexibility index (Phi) is 5.26. The van der Waals surface area contributed by atoms with Gasteiger partial charge in [-0.05, 0) is 66.9 Å². The minimum absolute atomic E-state index is 0.123. The number of carbonyl (C=O) groups is 1. The molecule has 6 heteroatoms. The fraction of sp³-hybridized carbons (Fsp3) is 0.148. The molecule has 0 aliphatic heterocycles. The van der Waals surface area contributed by atoms with Crippen LogP contribution < -0.4 is 11.1 Å². The number of nitrogens with one attached hydrogen (secondary N) is 2. The summed E-state index contributed by atoms with van der Waals surface area (Å²) in [6, 6.07) is 18.0. The van der Waals surface area contributed by atoms with Crippen LogP contribution in [0.25, 0.3) is 21.7 Å². The van der Waals surface area contributed by atoms with Crippen LogP contribution in [0.4, 0.5) is 5.82 Å². The Bertz CT molecular complexity index is 1500. The molecule has 0 spiro atoms. The molecule has 5 aromatic rings. The van der Waals surface area contributed by atoms with E-state index in [9.17, 15) is 4.79 Å². The van der Waals surface area contributed by atoms with Crippen LogP contribution in [-0.2, 0) is 13.0 Å². The Morgan fingerprint density at radius 1 is 0.970 bits per heavy atom. The molecule has 0 fully saturated rings. The first-order valence-corrected chi connectivity index (χ1v) is 10.9. The first kappa shape index (κ1) is 20.7. The molecule has 6 nitrogen and oxygen atoms in total. The van der Waals surface area contributed by atoms with Gasteiger partial charge in [-0.25, -0.2) is 0 Å². The van der Waals surface area contributed by atoms with Gasteiger partial charge >= 0.3 is 0 Å². The number of hydrogen-bond acceptors (Lipinski definition) is 4. The molecule has 0 aliphatic carbocycles. The first-order chi connectivity index (χ1) is 16.0. The molecule has 0 saturated carbocycles. The van der Waals surface area contributed by atoms with E-state index in [1.165, 1.54) is 0 Å². The lowest BCUT2D eigenvalue weighted by Gasteiger charge is -2.08. The number of amides is 1. The topological polar surface area (TPSA) is 96.7 Å². The van der Waals surface area contributed by atoms with Gasteiger partial charge < -0.3 is 16.0 Å². The number of aromatic nitrogens is 3. The van der Waals surface area contributed by atoms with E-state index in [0.29, 0.717) is 24.3 Å². The van der Waals surface area contributed by atoms with E-state index in [-0.39, 0.29) is 5.91 Å². The van der Waals surface area contributed by atoms with Crippen molar-refractivity contribution in [2.75, 3.05) is 5.73 Å². The summed E-state index contributed by atoms with van der Waals surface area (Å²) in [7, 11) is 0. The number of carbonyl (C=O) groups excluding carboxylic acids is 1. The zero-order chi connectivity index (χ0) is 22.9. The number of aromatic amines is 1. The fourth-order valence-electron chi connectivity index (χ4n) is 4.19. The van der Waals surface area contributed by atoms with E-state index in [2.05, 4.69) is 44.5 Å². The zero-order valence-corrected chi connectivity index (χ0v) is 18.6. The Labute approximate surface area is 191 Å². The van der Waals surface area contributed by atoms with Gasteiger partial charge in [-0.1, -0.05) is 18.2 Å². The second-order valence-corrected chi connectivity index (χ2v) is 8.48. The number of benzene rings is 2. The van der Waals surface area contributed by atoms with Gasteiger partial charge in [0.05, 0.1) is 5.52 Å². The van der Waals surface area contributed by atoms with Gasteiger partial charge in [0.15, 0.2) is 0 Å². The molecule has 0 atom stereocenters. The largest absolute Gasteiger partial charge is 0.385 e. The highest BCUT2D eigenvalue weighted by Crippen LogP contribution is 2.25. The van der Waals surface area contributed by atoms with Crippen molar-refractivity contribution in [3.05, 3.63) is 101 Å². The maximum absolute atomic E-state index is 12.8. The Balaban J connectivity index is 1.29. The van der Waals surface area contributed by atoms with Crippen molar-refractivity contribution in [2.24, 2.45) is 0 Å². The lowest BCUT2D eigenvalue weighted by Crippen LogP contribution is -2.23. The van der Waals surface area contributed by atoms with Gasteiger partial charge in [0.25, 0.3) is 5.91 Å². The van der Waals surface area contributed by atoms with Crippen molar-refractivity contribution < 1.29 is 4.79 Å². The van der Waals surface area contributed by atoms with Crippen molar-refractivity contribution in [1.82, 2.24) is 20.3 Å². The average molecular weight is 436 g/mol. The number of nitrogens with zero attached hydrogens (tertiary/aromatic N) is 2. The molecule has 1 amide bonds. The molecular weight excluding hydrogens is 410 g/mol. The number of fused-ring (bicyclic) bond motifs is 2. The second kappa shape index (κ2) is 8.39. The molecule has 0 saturated heterocycles. The molecule has 164 valence electrons. The Morgan fingerprint density at radius 3 is 2.70 bits per heavy atom. The number of H-pyrrole nitrogens is 1. The van der Waals surface area contributed by atoms with Gasteiger partial charge in [-0.15, -0.1) is 0 Å². The monoisotopic (exact) mass is 435 g/mol. The van der Waals surface area contributed by atoms with E-state index in [1.54, 1.807) is 12.3 Å². The lowest BCUT2D eigenvalue weighted by molar-refractivity contribution is 0.0950. The summed E-state index contributed by atoms with van der Waals surface area (Å²) in [4.78, 5) is 24.9. The summed E-state index contributed by atoms with van der Waals surface area (Å²) in [5.41, 5.74) is 12.7. The van der Waals surface area contributed by atoms with Crippen LogP contribution in [0, 0.1) is 13.8 Å². The second-order valence-electron chi connectivity index (χ2n) is 8.48. The van der Waals surface area contributed by atoms with E-state index in [1.807, 2.05) is 44.3 Å². The Morgan fingerprint density at radius 2 is 1.82 bits per heavy atom. The average Bonchev–Trinajstić information content (AvgIpc) is 3.10. The smallest absolute Gasteiger partial charge is 0.251 e. The van der Waals surface area contributed by atoms with Crippen LogP contribution in [0.2, 0.25) is 0 Å². The summed E-state index contributed by atoms with van der Waals surface area (Å²) >= 11 is 0. The number of nitrogens with two attached hydrogens (primary N) is 1. The maximum atomic E-state index is 12.8. The van der Waals surface area contributed by atoms with Gasteiger partial charge in [-0.3, -0.25) is 14.8 Å². The zero-order valence-electron chi connectivity index (χ0n) is 18.6. The minimum atomic E-state index is -0.123. The third-order valence-electron chi connectivity index (χ3n) is 5.90. The van der Waals surface area contributed by atoms with Crippen LogP contribution >= 0.6 is 0 Å². The van der Waals surface area contributed by atoms with E-state index >= 15 is 0 Å². The van der Waals surface area contributed by atoms with Crippen molar-refractivity contribution in [3.63, 3.8) is 0 Å². The van der Waals surface area contributed by atoms with Crippen LogP contribution in [0.15, 0.2) is 67.0 Å². The van der Waals surface area contributed by atoms with Gasteiger partial charge in [0, 0.05) is 58.5 Å². The summed E-state index contributed by atoms with van der Waals surface area (Å²) in [6.07, 6.45) is 4.21. The fourth-order valence-corrected chi connectivity index (χ4v) is 4.19. The molecule has 5 rings (SSSR count). The van der Waals surface area contributed by atoms with E-state index in [4.69, 9.17) is 5.73 Å². The summed E-state index contributed by atoms with van der Waals surface area (Å²) in [5, 5.41) is 6.20. The summed E-state index contributed by atoms with van der Waals surface area (Å²) < 4.78 is 0. The quantitative estimate of drug-likeness (QED) is 0.368. The predicted octanol–water partition coefficient (Wildman–Crippen LogP) is 4.83. The lowest BCUT2D eigenvalue weighted by atomic mass is 10.0. The van der Waals surface area contributed by atoms with Gasteiger partial charge in [-0.2, -0.15) is 0 Å². The van der Waals surface area contributed by atoms with E-state index in [0.717, 1.165) is 49.8 Å². The van der Waals surface area contributed by atoms with Crippen LogP contribution in [0.3, 0.4) is 0 Å². The molecular formula is C27H25N5O. The molecule has 3 aromatic heterocycles. The molecule has 33 heavy (non-hydrogen) atoms. The summed E-state index contributed by atoms with van der Waals surface area (Å²) in [5.74, 6) is 0.544.